The first-order valence-corrected chi connectivity index (χ1v) is 5.57. The summed E-state index contributed by atoms with van der Waals surface area (Å²) in [5.41, 5.74) is 2.75. The van der Waals surface area contributed by atoms with Crippen molar-refractivity contribution < 1.29 is 9.59 Å². The number of fused-ring (bicyclic) bond motifs is 1. The molecule has 1 aromatic carbocycles. The van der Waals surface area contributed by atoms with Gasteiger partial charge in [0.2, 0.25) is 0 Å². The molecule has 0 aliphatic heterocycles. The van der Waals surface area contributed by atoms with Crippen molar-refractivity contribution in [2.75, 3.05) is 0 Å². The van der Waals surface area contributed by atoms with Crippen molar-refractivity contribution in [2.24, 2.45) is 5.92 Å². The second-order valence-corrected chi connectivity index (χ2v) is 5.09. The molecule has 84 valence electrons. The normalized spacial score (nSPS) is 21.9. The number of Topliss-reactive ketones (excluding diaryl/α,β-unsaturated/α-hetero) is 1. The molecule has 0 bridgehead atoms. The number of aldehydes is 1. The predicted octanol–water partition coefficient (Wildman–Crippen LogP) is 2.67. The van der Waals surface area contributed by atoms with E-state index < -0.39 is 0 Å². The fraction of sp³-hybridized carbons (Fsp3) is 0.429. The maximum atomic E-state index is 12.2. The summed E-state index contributed by atoms with van der Waals surface area (Å²) in [6.45, 7) is 6.06. The first-order valence-electron chi connectivity index (χ1n) is 5.57. The Bertz CT molecular complexity index is 458. The maximum Gasteiger partial charge on any atom is 0.167 e. The largest absolute Gasteiger partial charge is 0.303 e. The van der Waals surface area contributed by atoms with Gasteiger partial charge in [0.05, 0.1) is 0 Å². The number of aryl methyl sites for hydroxylation is 1. The highest BCUT2D eigenvalue weighted by atomic mass is 16.1. The highest BCUT2D eigenvalue weighted by molar-refractivity contribution is 6.04. The van der Waals surface area contributed by atoms with Gasteiger partial charge < -0.3 is 4.79 Å². The number of carbonyl (C=O) groups excluding carboxylic acids is 2. The van der Waals surface area contributed by atoms with Crippen LogP contribution in [-0.2, 0) is 10.2 Å². The van der Waals surface area contributed by atoms with Crippen molar-refractivity contribution >= 4 is 12.1 Å². The van der Waals surface area contributed by atoms with E-state index >= 15 is 0 Å². The van der Waals surface area contributed by atoms with Crippen molar-refractivity contribution in [3.05, 3.63) is 34.9 Å². The summed E-state index contributed by atoms with van der Waals surface area (Å²) in [6, 6.07) is 5.98. The third kappa shape index (κ3) is 1.41. The maximum absolute atomic E-state index is 12.2. The molecule has 1 aliphatic carbocycles. The summed E-state index contributed by atoms with van der Waals surface area (Å²) >= 11 is 0. The molecule has 0 saturated heterocycles. The van der Waals surface area contributed by atoms with Gasteiger partial charge in [-0.2, -0.15) is 0 Å². The van der Waals surface area contributed by atoms with E-state index in [0.717, 1.165) is 23.0 Å². The molecule has 0 saturated carbocycles. The van der Waals surface area contributed by atoms with Crippen LogP contribution in [0.2, 0.25) is 0 Å². The lowest BCUT2D eigenvalue weighted by Gasteiger charge is -2.25. The van der Waals surface area contributed by atoms with E-state index in [-0.39, 0.29) is 17.1 Å². The summed E-state index contributed by atoms with van der Waals surface area (Å²) in [7, 11) is 0. The Morgan fingerprint density at radius 1 is 1.38 bits per heavy atom. The first kappa shape index (κ1) is 11.1. The minimum atomic E-state index is -0.221. The van der Waals surface area contributed by atoms with Crippen LogP contribution in [0.15, 0.2) is 18.2 Å². The second-order valence-electron chi connectivity index (χ2n) is 5.09. The van der Waals surface area contributed by atoms with Gasteiger partial charge >= 0.3 is 0 Å². The van der Waals surface area contributed by atoms with Gasteiger partial charge in [-0.1, -0.05) is 31.5 Å². The molecule has 16 heavy (non-hydrogen) atoms. The highest BCUT2D eigenvalue weighted by Gasteiger charge is 2.45. The zero-order chi connectivity index (χ0) is 11.9. The molecule has 2 rings (SSSR count). The summed E-state index contributed by atoms with van der Waals surface area (Å²) in [5, 5.41) is 0. The standard InChI is InChI=1S/C14H16O2/c1-9-4-5-11-10(8-9)13(16)12(6-7-15)14(11,2)3/h4-5,7-8,12H,6H2,1-3H3. The Kier molecular flexibility index (Phi) is 2.45. The third-order valence-electron chi connectivity index (χ3n) is 3.65. The number of benzene rings is 1. The molecule has 1 aromatic rings. The molecular weight excluding hydrogens is 200 g/mol. The van der Waals surface area contributed by atoms with Gasteiger partial charge in [0.25, 0.3) is 0 Å². The molecule has 1 unspecified atom stereocenters. The minimum absolute atomic E-state index is 0.121. The van der Waals surface area contributed by atoms with Crippen LogP contribution < -0.4 is 0 Å². The number of carbonyl (C=O) groups is 2. The Morgan fingerprint density at radius 3 is 2.69 bits per heavy atom. The average Bonchev–Trinajstić information content (AvgIpc) is 2.40. The van der Waals surface area contributed by atoms with E-state index in [0.29, 0.717) is 6.42 Å². The van der Waals surface area contributed by atoms with E-state index in [1.165, 1.54) is 0 Å². The van der Waals surface area contributed by atoms with Crippen LogP contribution >= 0.6 is 0 Å². The summed E-state index contributed by atoms with van der Waals surface area (Å²) in [4.78, 5) is 22.9. The van der Waals surface area contributed by atoms with E-state index in [4.69, 9.17) is 0 Å². The number of rotatable bonds is 2. The first-order chi connectivity index (χ1) is 7.48. The third-order valence-corrected chi connectivity index (χ3v) is 3.65. The van der Waals surface area contributed by atoms with Gasteiger partial charge in [0.15, 0.2) is 5.78 Å². The monoisotopic (exact) mass is 216 g/mol. The lowest BCUT2D eigenvalue weighted by molar-refractivity contribution is -0.108. The number of hydrogen-bond acceptors (Lipinski definition) is 2. The van der Waals surface area contributed by atoms with Gasteiger partial charge in [0.1, 0.15) is 6.29 Å². The van der Waals surface area contributed by atoms with Crippen LogP contribution in [0.3, 0.4) is 0 Å². The Balaban J connectivity index is 2.56. The topological polar surface area (TPSA) is 34.1 Å². The SMILES string of the molecule is Cc1ccc2c(c1)C(=O)C(CC=O)C2(C)C. The van der Waals surface area contributed by atoms with Crippen molar-refractivity contribution in [1.29, 1.82) is 0 Å². The zero-order valence-electron chi connectivity index (χ0n) is 9.91. The van der Waals surface area contributed by atoms with Gasteiger partial charge in [-0.15, -0.1) is 0 Å². The molecule has 2 heteroatoms. The van der Waals surface area contributed by atoms with Crippen LogP contribution in [-0.4, -0.2) is 12.1 Å². The Morgan fingerprint density at radius 2 is 2.06 bits per heavy atom. The molecule has 0 aromatic heterocycles. The molecule has 0 N–H and O–H groups in total. The predicted molar refractivity (Wildman–Crippen MR) is 62.7 cm³/mol. The van der Waals surface area contributed by atoms with E-state index in [1.807, 2.05) is 39.0 Å². The van der Waals surface area contributed by atoms with Crippen LogP contribution in [0.25, 0.3) is 0 Å². The summed E-state index contributed by atoms with van der Waals surface area (Å²) in [5.74, 6) is -0.0717. The molecule has 0 fully saturated rings. The van der Waals surface area contributed by atoms with Crippen molar-refractivity contribution in [3.8, 4) is 0 Å². The Labute approximate surface area is 95.7 Å². The molecule has 2 nitrogen and oxygen atoms in total. The van der Waals surface area contributed by atoms with Gasteiger partial charge in [-0.25, -0.2) is 0 Å². The van der Waals surface area contributed by atoms with Crippen molar-refractivity contribution in [2.45, 2.75) is 32.6 Å². The molecule has 0 amide bonds. The lowest BCUT2D eigenvalue weighted by Crippen LogP contribution is -2.27. The van der Waals surface area contributed by atoms with Crippen molar-refractivity contribution in [1.82, 2.24) is 0 Å². The van der Waals surface area contributed by atoms with Crippen LogP contribution in [0.4, 0.5) is 0 Å². The van der Waals surface area contributed by atoms with Crippen LogP contribution in [0.5, 0.6) is 0 Å². The van der Waals surface area contributed by atoms with Crippen LogP contribution in [0.1, 0.15) is 41.8 Å². The minimum Gasteiger partial charge on any atom is -0.303 e. The number of ketones is 1. The van der Waals surface area contributed by atoms with E-state index in [9.17, 15) is 9.59 Å². The summed E-state index contributed by atoms with van der Waals surface area (Å²) < 4.78 is 0. The van der Waals surface area contributed by atoms with Gasteiger partial charge in [-0.05, 0) is 18.6 Å². The zero-order valence-corrected chi connectivity index (χ0v) is 9.91. The molecule has 0 spiro atoms. The fourth-order valence-electron chi connectivity index (χ4n) is 2.62. The van der Waals surface area contributed by atoms with Gasteiger partial charge in [-0.3, -0.25) is 4.79 Å². The smallest absolute Gasteiger partial charge is 0.167 e. The molecular formula is C14H16O2. The van der Waals surface area contributed by atoms with E-state index in [2.05, 4.69) is 0 Å². The molecule has 1 atom stereocenters. The number of hydrogen-bond donors (Lipinski definition) is 0. The molecule has 0 heterocycles. The summed E-state index contributed by atoms with van der Waals surface area (Å²) in [6.07, 6.45) is 1.17. The van der Waals surface area contributed by atoms with Gasteiger partial charge in [0, 0.05) is 23.3 Å². The average molecular weight is 216 g/mol. The molecule has 1 aliphatic rings. The fourth-order valence-corrected chi connectivity index (χ4v) is 2.62. The van der Waals surface area contributed by atoms with Crippen LogP contribution in [0, 0.1) is 12.8 Å². The van der Waals surface area contributed by atoms with Crippen molar-refractivity contribution in [3.63, 3.8) is 0 Å². The Hall–Kier alpha value is -1.44. The quantitative estimate of drug-likeness (QED) is 0.712. The lowest BCUT2D eigenvalue weighted by atomic mass is 9.77. The highest BCUT2D eigenvalue weighted by Crippen LogP contribution is 2.44. The second kappa shape index (κ2) is 3.55. The van der Waals surface area contributed by atoms with E-state index in [1.54, 1.807) is 0 Å². The molecule has 0 radical (unpaired) electrons.